The van der Waals surface area contributed by atoms with Gasteiger partial charge in [0.05, 0.1) is 17.5 Å². The van der Waals surface area contributed by atoms with Crippen LogP contribution in [0, 0.1) is 10.1 Å². The lowest BCUT2D eigenvalue weighted by atomic mass is 10.0. The lowest BCUT2D eigenvalue weighted by molar-refractivity contribution is -0.384. The summed E-state index contributed by atoms with van der Waals surface area (Å²) in [5, 5.41) is 13.1. The second-order valence-corrected chi connectivity index (χ2v) is 4.46. The number of nitro groups is 1. The molecule has 1 aromatic heterocycles. The quantitative estimate of drug-likeness (QED) is 0.312. The number of hydrogen-bond acceptors (Lipinski definition) is 5. The molecule has 3 aromatic rings. The number of ether oxygens (including phenoxy) is 1. The zero-order chi connectivity index (χ0) is 15.0. The third kappa shape index (κ3) is 2.06. The monoisotopic (exact) mass is 282 g/mol. The van der Waals surface area contributed by atoms with Gasteiger partial charge >= 0.3 is 5.97 Å². The second-order valence-electron chi connectivity index (χ2n) is 4.46. The molecule has 104 valence electrons. The first kappa shape index (κ1) is 13.0. The Labute approximate surface area is 119 Å². The summed E-state index contributed by atoms with van der Waals surface area (Å²) >= 11 is 0. The maximum absolute atomic E-state index is 11.9. The van der Waals surface area contributed by atoms with Crippen molar-refractivity contribution >= 4 is 33.3 Å². The van der Waals surface area contributed by atoms with Crippen LogP contribution >= 0.6 is 0 Å². The maximum atomic E-state index is 11.9. The first-order valence-electron chi connectivity index (χ1n) is 6.17. The number of fused-ring (bicyclic) bond motifs is 3. The summed E-state index contributed by atoms with van der Waals surface area (Å²) in [4.78, 5) is 26.5. The van der Waals surface area contributed by atoms with Crippen molar-refractivity contribution in [2.24, 2.45) is 0 Å². The van der Waals surface area contributed by atoms with Crippen LogP contribution in [0.3, 0.4) is 0 Å². The van der Waals surface area contributed by atoms with Gasteiger partial charge in [0, 0.05) is 22.9 Å². The summed E-state index contributed by atoms with van der Waals surface area (Å²) in [6.07, 6.45) is 0. The molecule has 6 heteroatoms. The predicted molar refractivity (Wildman–Crippen MR) is 77.2 cm³/mol. The largest absolute Gasteiger partial charge is 0.464 e. The van der Waals surface area contributed by atoms with E-state index in [1.165, 1.54) is 19.2 Å². The normalized spacial score (nSPS) is 10.7. The molecule has 6 nitrogen and oxygen atoms in total. The molecular weight excluding hydrogens is 272 g/mol. The van der Waals surface area contributed by atoms with Gasteiger partial charge in [-0.1, -0.05) is 24.3 Å². The van der Waals surface area contributed by atoms with Crippen molar-refractivity contribution in [3.63, 3.8) is 0 Å². The van der Waals surface area contributed by atoms with E-state index in [1.807, 2.05) is 12.1 Å². The molecule has 0 bridgehead atoms. The molecule has 1 heterocycles. The van der Waals surface area contributed by atoms with Gasteiger partial charge in [0.25, 0.3) is 5.69 Å². The molecule has 0 spiro atoms. The molecule has 3 rings (SSSR count). The van der Waals surface area contributed by atoms with E-state index in [9.17, 15) is 14.9 Å². The van der Waals surface area contributed by atoms with Gasteiger partial charge in [-0.05, 0) is 11.5 Å². The highest BCUT2D eigenvalue weighted by molar-refractivity contribution is 6.13. The Morgan fingerprint density at radius 2 is 1.86 bits per heavy atom. The standard InChI is InChI=1S/C15H10N2O4/c1-21-15(18)14-12-5-3-2-4-10(12)11-7-6-9(17(19)20)8-13(11)16-14/h2-8H,1H3. The Morgan fingerprint density at radius 1 is 1.14 bits per heavy atom. The minimum absolute atomic E-state index is 0.0684. The topological polar surface area (TPSA) is 82.3 Å². The van der Waals surface area contributed by atoms with Gasteiger partial charge in [0.2, 0.25) is 0 Å². The first-order chi connectivity index (χ1) is 10.1. The molecule has 2 aromatic carbocycles. The number of esters is 1. The van der Waals surface area contributed by atoms with E-state index in [2.05, 4.69) is 4.98 Å². The SMILES string of the molecule is COC(=O)c1nc2cc([N+](=O)[O-])ccc2c2ccccc12. The van der Waals surface area contributed by atoms with E-state index in [0.29, 0.717) is 10.9 Å². The third-order valence-electron chi connectivity index (χ3n) is 3.28. The van der Waals surface area contributed by atoms with E-state index in [1.54, 1.807) is 18.2 Å². The minimum Gasteiger partial charge on any atom is -0.464 e. The number of carbonyl (C=O) groups is 1. The van der Waals surface area contributed by atoms with Crippen LogP contribution in [-0.4, -0.2) is 23.0 Å². The Bertz CT molecular complexity index is 889. The van der Waals surface area contributed by atoms with Gasteiger partial charge in [-0.3, -0.25) is 10.1 Å². The van der Waals surface area contributed by atoms with Crippen molar-refractivity contribution in [1.82, 2.24) is 4.98 Å². The molecule has 0 unspecified atom stereocenters. The number of benzene rings is 2. The molecule has 0 N–H and O–H groups in total. The fraction of sp³-hybridized carbons (Fsp3) is 0.0667. The lowest BCUT2D eigenvalue weighted by Gasteiger charge is -2.07. The van der Waals surface area contributed by atoms with Crippen molar-refractivity contribution in [2.45, 2.75) is 0 Å². The summed E-state index contributed by atoms with van der Waals surface area (Å²) in [5.74, 6) is -0.570. The number of carbonyl (C=O) groups excluding carboxylic acids is 1. The highest BCUT2D eigenvalue weighted by atomic mass is 16.6. The Morgan fingerprint density at radius 3 is 2.52 bits per heavy atom. The zero-order valence-corrected chi connectivity index (χ0v) is 11.1. The maximum Gasteiger partial charge on any atom is 0.357 e. The average molecular weight is 282 g/mol. The molecule has 0 fully saturated rings. The lowest BCUT2D eigenvalue weighted by Crippen LogP contribution is -2.05. The molecule has 0 saturated heterocycles. The highest BCUT2D eigenvalue weighted by Crippen LogP contribution is 2.29. The van der Waals surface area contributed by atoms with Crippen LogP contribution in [0.2, 0.25) is 0 Å². The number of nitro benzene ring substituents is 1. The Hall–Kier alpha value is -3.02. The van der Waals surface area contributed by atoms with Gasteiger partial charge in [-0.25, -0.2) is 9.78 Å². The molecule has 0 amide bonds. The number of nitrogens with zero attached hydrogens (tertiary/aromatic N) is 2. The van der Waals surface area contributed by atoms with E-state index >= 15 is 0 Å². The van der Waals surface area contributed by atoms with Gasteiger partial charge in [-0.2, -0.15) is 0 Å². The van der Waals surface area contributed by atoms with E-state index in [4.69, 9.17) is 4.74 Å². The highest BCUT2D eigenvalue weighted by Gasteiger charge is 2.16. The van der Waals surface area contributed by atoms with Crippen LogP contribution in [0.15, 0.2) is 42.5 Å². The van der Waals surface area contributed by atoms with Crippen molar-refractivity contribution < 1.29 is 14.5 Å². The molecule has 21 heavy (non-hydrogen) atoms. The minimum atomic E-state index is -0.570. The van der Waals surface area contributed by atoms with Crippen LogP contribution in [0.4, 0.5) is 5.69 Å². The van der Waals surface area contributed by atoms with E-state index in [-0.39, 0.29) is 11.4 Å². The fourth-order valence-electron chi connectivity index (χ4n) is 2.31. The molecular formula is C15H10N2O4. The van der Waals surface area contributed by atoms with Crippen molar-refractivity contribution in [2.75, 3.05) is 7.11 Å². The van der Waals surface area contributed by atoms with Crippen molar-refractivity contribution in [3.8, 4) is 0 Å². The molecule has 0 aliphatic heterocycles. The number of hydrogen-bond donors (Lipinski definition) is 0. The van der Waals surface area contributed by atoms with Gasteiger partial charge < -0.3 is 4.74 Å². The van der Waals surface area contributed by atoms with Crippen LogP contribution in [0.1, 0.15) is 10.5 Å². The third-order valence-corrected chi connectivity index (χ3v) is 3.28. The second kappa shape index (κ2) is 4.82. The number of non-ortho nitro benzene ring substituents is 1. The smallest absolute Gasteiger partial charge is 0.357 e. The van der Waals surface area contributed by atoms with Crippen LogP contribution in [-0.2, 0) is 4.74 Å². The molecule has 0 aliphatic carbocycles. The predicted octanol–water partition coefficient (Wildman–Crippen LogP) is 3.08. The molecule has 0 radical (unpaired) electrons. The fourth-order valence-corrected chi connectivity index (χ4v) is 2.31. The van der Waals surface area contributed by atoms with Gasteiger partial charge in [-0.15, -0.1) is 0 Å². The number of methoxy groups -OCH3 is 1. The zero-order valence-electron chi connectivity index (χ0n) is 11.1. The summed E-state index contributed by atoms with van der Waals surface area (Å²) in [6.45, 7) is 0. The van der Waals surface area contributed by atoms with Crippen LogP contribution < -0.4 is 0 Å². The molecule has 0 saturated carbocycles. The average Bonchev–Trinajstić information content (AvgIpc) is 2.52. The van der Waals surface area contributed by atoms with E-state index < -0.39 is 10.9 Å². The first-order valence-corrected chi connectivity index (χ1v) is 6.17. The van der Waals surface area contributed by atoms with Crippen LogP contribution in [0.25, 0.3) is 21.7 Å². The Kier molecular flexibility index (Phi) is 2.98. The number of aromatic nitrogens is 1. The summed E-state index contributed by atoms with van der Waals surface area (Å²) < 4.78 is 4.74. The van der Waals surface area contributed by atoms with Gasteiger partial charge in [0.1, 0.15) is 0 Å². The summed E-state index contributed by atoms with van der Waals surface area (Å²) in [6, 6.07) is 11.7. The van der Waals surface area contributed by atoms with Crippen molar-refractivity contribution in [1.29, 1.82) is 0 Å². The van der Waals surface area contributed by atoms with Gasteiger partial charge in [0.15, 0.2) is 5.69 Å². The molecule has 0 atom stereocenters. The summed E-state index contributed by atoms with van der Waals surface area (Å²) in [5.41, 5.74) is 0.477. The summed E-state index contributed by atoms with van der Waals surface area (Å²) in [7, 11) is 1.27. The number of rotatable bonds is 2. The van der Waals surface area contributed by atoms with Crippen molar-refractivity contribution in [3.05, 3.63) is 58.3 Å². The number of pyridine rings is 1. The molecule has 0 aliphatic rings. The Balaban J connectivity index is 2.44. The van der Waals surface area contributed by atoms with Crippen LogP contribution in [0.5, 0.6) is 0 Å². The van der Waals surface area contributed by atoms with E-state index in [0.717, 1.165) is 10.8 Å².